The number of amides is 1. The number of carbonyl (C=O) groups excluding carboxylic acids is 1. The Morgan fingerprint density at radius 2 is 1.93 bits per heavy atom. The fourth-order valence-electron chi connectivity index (χ4n) is 3.08. The van der Waals surface area contributed by atoms with Crippen molar-refractivity contribution in [2.75, 3.05) is 29.9 Å². The van der Waals surface area contributed by atoms with Gasteiger partial charge in [-0.15, -0.1) is 0 Å². The highest BCUT2D eigenvalue weighted by Gasteiger charge is 2.18. The number of aryl methyl sites for hydroxylation is 1. The molecule has 0 bridgehead atoms. The largest absolute Gasteiger partial charge is 0.357 e. The van der Waals surface area contributed by atoms with Gasteiger partial charge in [-0.3, -0.25) is 4.79 Å². The number of carbonyl (C=O) groups is 1. The van der Waals surface area contributed by atoms with Crippen molar-refractivity contribution in [1.29, 1.82) is 0 Å². The van der Waals surface area contributed by atoms with Gasteiger partial charge in [0.2, 0.25) is 10.0 Å². The van der Waals surface area contributed by atoms with Gasteiger partial charge >= 0.3 is 0 Å². The smallest absolute Gasteiger partial charge is 0.256 e. The maximum Gasteiger partial charge on any atom is 0.256 e. The minimum Gasteiger partial charge on any atom is -0.357 e. The molecule has 2 N–H and O–H groups in total. The molecule has 0 radical (unpaired) electrons. The lowest BCUT2D eigenvalue weighted by Crippen LogP contribution is -2.24. The van der Waals surface area contributed by atoms with Gasteiger partial charge in [-0.25, -0.2) is 18.1 Å². The van der Waals surface area contributed by atoms with Crippen molar-refractivity contribution in [2.24, 2.45) is 0 Å². The first-order valence-corrected chi connectivity index (χ1v) is 10.5. The molecular formula is C19H24N4O3S. The number of nitrogens with one attached hydrogen (secondary N) is 2. The van der Waals surface area contributed by atoms with Crippen molar-refractivity contribution < 1.29 is 13.2 Å². The minimum absolute atomic E-state index is 0.0719. The zero-order valence-corrected chi connectivity index (χ0v) is 16.3. The molecule has 27 heavy (non-hydrogen) atoms. The second-order valence-electron chi connectivity index (χ2n) is 6.53. The number of rotatable bonds is 6. The Morgan fingerprint density at radius 3 is 2.56 bits per heavy atom. The third-order valence-electron chi connectivity index (χ3n) is 4.53. The molecule has 7 nitrogen and oxygen atoms in total. The summed E-state index contributed by atoms with van der Waals surface area (Å²) in [6.07, 6.45) is 3.97. The van der Waals surface area contributed by atoms with Crippen LogP contribution >= 0.6 is 0 Å². The number of pyridine rings is 1. The van der Waals surface area contributed by atoms with Crippen LogP contribution in [0.1, 0.15) is 35.7 Å². The lowest BCUT2D eigenvalue weighted by Gasteiger charge is -2.16. The minimum atomic E-state index is -3.62. The molecule has 2 heterocycles. The van der Waals surface area contributed by atoms with Gasteiger partial charge in [0.25, 0.3) is 5.91 Å². The summed E-state index contributed by atoms with van der Waals surface area (Å²) in [5.41, 5.74) is 1.59. The Kier molecular flexibility index (Phi) is 5.76. The van der Waals surface area contributed by atoms with Gasteiger partial charge in [-0.1, -0.05) is 13.0 Å². The molecule has 144 valence electrons. The van der Waals surface area contributed by atoms with E-state index in [2.05, 4.69) is 19.9 Å². The predicted octanol–water partition coefficient (Wildman–Crippen LogP) is 2.54. The Balaban J connectivity index is 1.77. The van der Waals surface area contributed by atoms with Gasteiger partial charge in [-0.05, 0) is 49.6 Å². The molecule has 0 spiro atoms. The van der Waals surface area contributed by atoms with E-state index in [0.717, 1.165) is 18.9 Å². The van der Waals surface area contributed by atoms with Crippen molar-refractivity contribution >= 4 is 27.4 Å². The summed E-state index contributed by atoms with van der Waals surface area (Å²) in [5.74, 6) is 0.539. The summed E-state index contributed by atoms with van der Waals surface area (Å²) in [4.78, 5) is 19.3. The Hall–Kier alpha value is -2.45. The van der Waals surface area contributed by atoms with Crippen molar-refractivity contribution in [1.82, 2.24) is 9.71 Å². The second-order valence-corrected chi connectivity index (χ2v) is 8.30. The van der Waals surface area contributed by atoms with Crippen LogP contribution in [0.4, 0.5) is 11.5 Å². The van der Waals surface area contributed by atoms with Crippen LogP contribution in [0.3, 0.4) is 0 Å². The van der Waals surface area contributed by atoms with Crippen LogP contribution in [-0.2, 0) is 10.0 Å². The molecule has 2 aromatic rings. The van der Waals surface area contributed by atoms with Gasteiger partial charge in [0.05, 0.1) is 16.8 Å². The van der Waals surface area contributed by atoms with Crippen molar-refractivity contribution in [2.45, 2.75) is 31.6 Å². The molecule has 0 atom stereocenters. The topological polar surface area (TPSA) is 91.4 Å². The fourth-order valence-corrected chi connectivity index (χ4v) is 4.14. The summed E-state index contributed by atoms with van der Waals surface area (Å²) in [5, 5.41) is 2.79. The Bertz CT molecular complexity index is 920. The number of anilines is 2. The highest BCUT2D eigenvalue weighted by Crippen LogP contribution is 2.21. The quantitative estimate of drug-likeness (QED) is 0.793. The molecule has 1 amide bonds. The maximum absolute atomic E-state index is 12.6. The van der Waals surface area contributed by atoms with Crippen LogP contribution in [-0.4, -0.2) is 38.9 Å². The highest BCUT2D eigenvalue weighted by molar-refractivity contribution is 7.89. The third-order valence-corrected chi connectivity index (χ3v) is 6.08. The molecule has 1 aromatic carbocycles. The van der Waals surface area contributed by atoms with Gasteiger partial charge in [-0.2, -0.15) is 0 Å². The van der Waals surface area contributed by atoms with E-state index < -0.39 is 10.0 Å². The van der Waals surface area contributed by atoms with Crippen LogP contribution in [0.5, 0.6) is 0 Å². The molecule has 0 unspecified atom stereocenters. The fraction of sp³-hybridized carbons (Fsp3) is 0.368. The average molecular weight is 388 g/mol. The Labute approximate surface area is 159 Å². The first-order valence-electron chi connectivity index (χ1n) is 9.03. The van der Waals surface area contributed by atoms with Crippen LogP contribution in [0, 0.1) is 6.92 Å². The van der Waals surface area contributed by atoms with E-state index in [1.807, 2.05) is 12.1 Å². The number of aromatic nitrogens is 1. The molecule has 1 aromatic heterocycles. The predicted molar refractivity (Wildman–Crippen MR) is 106 cm³/mol. The van der Waals surface area contributed by atoms with Crippen molar-refractivity contribution in [3.8, 4) is 0 Å². The lowest BCUT2D eigenvalue weighted by molar-refractivity contribution is 0.102. The molecule has 1 fully saturated rings. The van der Waals surface area contributed by atoms with Crippen LogP contribution < -0.4 is 14.9 Å². The van der Waals surface area contributed by atoms with E-state index in [9.17, 15) is 13.2 Å². The number of hydrogen-bond acceptors (Lipinski definition) is 5. The third kappa shape index (κ3) is 4.45. The first-order chi connectivity index (χ1) is 12.9. The first kappa shape index (κ1) is 19.3. The number of nitrogens with zero attached hydrogens (tertiary/aromatic N) is 2. The van der Waals surface area contributed by atoms with Crippen LogP contribution in [0.15, 0.2) is 41.4 Å². The zero-order chi connectivity index (χ0) is 19.4. The molecule has 1 saturated heterocycles. The van der Waals surface area contributed by atoms with Crippen molar-refractivity contribution in [3.63, 3.8) is 0 Å². The Morgan fingerprint density at radius 1 is 1.19 bits per heavy atom. The number of hydrogen-bond donors (Lipinski definition) is 2. The van der Waals surface area contributed by atoms with Gasteiger partial charge in [0.15, 0.2) is 0 Å². The second kappa shape index (κ2) is 8.06. The molecule has 3 rings (SSSR count). The van der Waals surface area contributed by atoms with Gasteiger partial charge < -0.3 is 10.2 Å². The SMILES string of the molecule is CCNS(=O)(=O)c1ccc(C)c(C(=O)Nc2ccc(N3CCCC3)nc2)c1. The zero-order valence-electron chi connectivity index (χ0n) is 15.5. The van der Waals surface area contributed by atoms with Gasteiger partial charge in [0.1, 0.15) is 5.82 Å². The summed E-state index contributed by atoms with van der Waals surface area (Å²) >= 11 is 0. The molecule has 1 aliphatic heterocycles. The van der Waals surface area contributed by atoms with Crippen LogP contribution in [0.25, 0.3) is 0 Å². The highest BCUT2D eigenvalue weighted by atomic mass is 32.2. The van der Waals surface area contributed by atoms with Crippen LogP contribution in [0.2, 0.25) is 0 Å². The maximum atomic E-state index is 12.6. The van der Waals surface area contributed by atoms with Crippen molar-refractivity contribution in [3.05, 3.63) is 47.7 Å². The molecule has 8 heteroatoms. The summed E-state index contributed by atoms with van der Waals surface area (Å²) in [7, 11) is -3.62. The lowest BCUT2D eigenvalue weighted by atomic mass is 10.1. The molecule has 1 aliphatic rings. The monoisotopic (exact) mass is 388 g/mol. The normalized spacial score (nSPS) is 14.4. The summed E-state index contributed by atoms with van der Waals surface area (Å²) in [6, 6.07) is 8.23. The van der Waals surface area contributed by atoms with E-state index in [1.165, 1.54) is 25.0 Å². The van der Waals surface area contributed by atoms with Gasteiger partial charge in [0, 0.05) is 25.2 Å². The standard InChI is InChI=1S/C19H24N4O3S/c1-3-21-27(25,26)16-8-6-14(2)17(12-16)19(24)22-15-7-9-18(20-13-15)23-10-4-5-11-23/h6-9,12-13,21H,3-5,10-11H2,1-2H3,(H,22,24). The molecule has 0 saturated carbocycles. The molecule has 0 aliphatic carbocycles. The van der Waals surface area contributed by atoms with E-state index in [0.29, 0.717) is 16.8 Å². The summed E-state index contributed by atoms with van der Waals surface area (Å²) < 4.78 is 26.8. The van der Waals surface area contributed by atoms with E-state index in [-0.39, 0.29) is 17.3 Å². The van der Waals surface area contributed by atoms with E-state index in [1.54, 1.807) is 26.1 Å². The number of sulfonamides is 1. The average Bonchev–Trinajstić information content (AvgIpc) is 3.17. The summed E-state index contributed by atoms with van der Waals surface area (Å²) in [6.45, 7) is 5.77. The van der Waals surface area contributed by atoms with E-state index >= 15 is 0 Å². The number of benzene rings is 1. The van der Waals surface area contributed by atoms with E-state index in [4.69, 9.17) is 0 Å². The molecular weight excluding hydrogens is 364 g/mol.